The van der Waals surface area contributed by atoms with Crippen LogP contribution in [-0.4, -0.2) is 20.9 Å². The number of esters is 1. The minimum atomic E-state index is -0.436. The van der Waals surface area contributed by atoms with E-state index < -0.39 is 10.8 Å². The molecule has 0 saturated heterocycles. The van der Waals surface area contributed by atoms with Crippen LogP contribution < -0.4 is 4.74 Å². The van der Waals surface area contributed by atoms with Crippen LogP contribution in [0.3, 0.4) is 0 Å². The van der Waals surface area contributed by atoms with Crippen LogP contribution in [0.4, 0.5) is 5.69 Å². The molecule has 0 bridgehead atoms. The highest BCUT2D eigenvalue weighted by Crippen LogP contribution is 2.47. The number of hydrogen-bond donors (Lipinski definition) is 0. The fraction of sp³-hybridized carbons (Fsp3) is 0.0800. The maximum Gasteiger partial charge on any atom is 0.312 e. The topological polar surface area (TPSA) is 95.2 Å². The van der Waals surface area contributed by atoms with Gasteiger partial charge in [0.25, 0.3) is 5.69 Å². The molecule has 1 atom stereocenters. The van der Waals surface area contributed by atoms with E-state index in [1.54, 1.807) is 12.1 Å². The van der Waals surface area contributed by atoms with E-state index in [0.717, 1.165) is 27.4 Å². The Morgan fingerprint density at radius 3 is 2.31 bits per heavy atom. The normalized spacial score (nSPS) is 15.6. The maximum atomic E-state index is 12.6. The summed E-state index contributed by atoms with van der Waals surface area (Å²) < 4.78 is 5.75. The number of carbonyl (C=O) groups excluding carboxylic acids is 1. The van der Waals surface area contributed by atoms with Crippen molar-refractivity contribution in [2.24, 2.45) is 0 Å². The van der Waals surface area contributed by atoms with E-state index in [2.05, 4.69) is 0 Å². The molecule has 0 aliphatic carbocycles. The van der Waals surface area contributed by atoms with Gasteiger partial charge in [0.15, 0.2) is 0 Å². The summed E-state index contributed by atoms with van der Waals surface area (Å²) in [6.07, 6.45) is 0.0656. The number of ether oxygens (including phenoxy) is 1. The highest BCUT2D eigenvalue weighted by molar-refractivity contribution is 6.12. The van der Waals surface area contributed by atoms with E-state index >= 15 is 0 Å². The first-order chi connectivity index (χ1) is 15.6. The molecule has 7 nitrogen and oxygen atoms in total. The van der Waals surface area contributed by atoms with Crippen molar-refractivity contribution in [2.75, 3.05) is 0 Å². The van der Waals surface area contributed by atoms with Crippen molar-refractivity contribution in [1.29, 1.82) is 0 Å². The number of hydrogen-bond acceptors (Lipinski definition) is 6. The Hall–Kier alpha value is -4.39. The van der Waals surface area contributed by atoms with Crippen LogP contribution in [0.2, 0.25) is 0 Å². The van der Waals surface area contributed by atoms with Gasteiger partial charge in [-0.3, -0.25) is 14.9 Å². The molecule has 7 heteroatoms. The highest BCUT2D eigenvalue weighted by Gasteiger charge is 2.34. The Kier molecular flexibility index (Phi) is 3.91. The zero-order valence-corrected chi connectivity index (χ0v) is 16.7. The third-order valence-corrected chi connectivity index (χ3v) is 5.92. The molecule has 6 rings (SSSR count). The molecule has 4 aromatic carbocycles. The van der Waals surface area contributed by atoms with Crippen LogP contribution in [0.1, 0.15) is 23.5 Å². The number of carbonyl (C=O) groups is 1. The zero-order chi connectivity index (χ0) is 21.8. The average Bonchev–Trinajstić information content (AvgIpc) is 2.82. The van der Waals surface area contributed by atoms with Crippen LogP contribution in [0.25, 0.3) is 32.8 Å². The highest BCUT2D eigenvalue weighted by atomic mass is 16.6. The summed E-state index contributed by atoms with van der Waals surface area (Å²) in [4.78, 5) is 33.4. The summed E-state index contributed by atoms with van der Waals surface area (Å²) >= 11 is 0. The fourth-order valence-electron chi connectivity index (χ4n) is 4.51. The standard InChI is InChI=1S/C25H15N3O4/c29-21-13-18(14-6-5-7-15(12-14)28(30)31)22-24-23(26-19-10-3-4-11-20(19)27-24)16-8-1-2-9-17(16)25(22)32-21/h1-12,18H,13H2. The van der Waals surface area contributed by atoms with Crippen LogP contribution in [0.5, 0.6) is 5.75 Å². The Balaban J connectivity index is 1.75. The van der Waals surface area contributed by atoms with Crippen molar-refractivity contribution in [3.63, 3.8) is 0 Å². The second-order valence-corrected chi connectivity index (χ2v) is 7.78. The minimum absolute atomic E-state index is 0.0235. The van der Waals surface area contributed by atoms with Gasteiger partial charge in [-0.15, -0.1) is 0 Å². The van der Waals surface area contributed by atoms with Crippen molar-refractivity contribution >= 4 is 44.5 Å². The smallest absolute Gasteiger partial charge is 0.312 e. The van der Waals surface area contributed by atoms with Crippen LogP contribution in [-0.2, 0) is 4.79 Å². The molecule has 32 heavy (non-hydrogen) atoms. The van der Waals surface area contributed by atoms with Crippen LogP contribution in [0.15, 0.2) is 72.8 Å². The molecule has 1 unspecified atom stereocenters. The fourth-order valence-corrected chi connectivity index (χ4v) is 4.51. The lowest BCUT2D eigenvalue weighted by Gasteiger charge is -2.27. The minimum Gasteiger partial charge on any atom is -0.425 e. The molecule has 0 amide bonds. The molecule has 154 valence electrons. The molecule has 1 aliphatic rings. The molecule has 5 aromatic rings. The second-order valence-electron chi connectivity index (χ2n) is 7.78. The lowest BCUT2D eigenvalue weighted by molar-refractivity contribution is -0.384. The number of non-ortho nitro benzene ring substituents is 1. The predicted octanol–water partition coefficient (Wildman–Crippen LogP) is 5.29. The number of nitrogens with zero attached hydrogens (tertiary/aromatic N) is 3. The van der Waals surface area contributed by atoms with Crippen molar-refractivity contribution in [1.82, 2.24) is 9.97 Å². The van der Waals surface area contributed by atoms with Gasteiger partial charge in [-0.1, -0.05) is 48.5 Å². The quantitative estimate of drug-likeness (QED) is 0.0960. The lowest BCUT2D eigenvalue weighted by atomic mass is 9.83. The van der Waals surface area contributed by atoms with Crippen LogP contribution >= 0.6 is 0 Å². The molecule has 2 heterocycles. The summed E-state index contributed by atoms with van der Waals surface area (Å²) in [6.45, 7) is 0. The van der Waals surface area contributed by atoms with E-state index in [0.29, 0.717) is 22.3 Å². The third-order valence-electron chi connectivity index (χ3n) is 5.92. The van der Waals surface area contributed by atoms with Gasteiger partial charge >= 0.3 is 5.97 Å². The molecule has 1 aromatic heterocycles. The number of aromatic nitrogens is 2. The van der Waals surface area contributed by atoms with Crippen molar-refractivity contribution in [2.45, 2.75) is 12.3 Å². The lowest BCUT2D eigenvalue weighted by Crippen LogP contribution is -2.22. The van der Waals surface area contributed by atoms with Gasteiger partial charge in [0.1, 0.15) is 5.75 Å². The summed E-state index contributed by atoms with van der Waals surface area (Å²) in [6, 6.07) is 21.6. The largest absolute Gasteiger partial charge is 0.425 e. The van der Waals surface area contributed by atoms with Gasteiger partial charge in [-0.05, 0) is 17.7 Å². The number of para-hydroxylation sites is 2. The molecule has 0 radical (unpaired) electrons. The Morgan fingerprint density at radius 2 is 1.56 bits per heavy atom. The Labute approximate surface area is 181 Å². The molecule has 0 fully saturated rings. The molecule has 1 aliphatic heterocycles. The van der Waals surface area contributed by atoms with Gasteiger partial charge in [0.2, 0.25) is 0 Å². The van der Waals surface area contributed by atoms with Crippen molar-refractivity contribution in [3.8, 4) is 5.75 Å². The SMILES string of the molecule is O=C1CC(c2cccc([N+](=O)[O-])c2)c2c(c3ccccc3c3nc4ccccc4nc23)O1. The van der Waals surface area contributed by atoms with E-state index in [-0.39, 0.29) is 18.1 Å². The number of rotatable bonds is 2. The molecule has 0 saturated carbocycles. The number of nitro groups is 1. The van der Waals surface area contributed by atoms with Gasteiger partial charge in [-0.2, -0.15) is 0 Å². The molecular formula is C25H15N3O4. The molecule has 0 spiro atoms. The van der Waals surface area contributed by atoms with Gasteiger partial charge in [-0.25, -0.2) is 9.97 Å². The summed E-state index contributed by atoms with van der Waals surface area (Å²) in [5, 5.41) is 13.0. The van der Waals surface area contributed by atoms with Crippen LogP contribution in [0, 0.1) is 10.1 Å². The van der Waals surface area contributed by atoms with E-state index in [4.69, 9.17) is 14.7 Å². The summed E-state index contributed by atoms with van der Waals surface area (Å²) in [5.74, 6) is -0.369. The summed E-state index contributed by atoms with van der Waals surface area (Å²) in [7, 11) is 0. The summed E-state index contributed by atoms with van der Waals surface area (Å²) in [5.41, 5.74) is 4.23. The predicted molar refractivity (Wildman–Crippen MR) is 120 cm³/mol. The monoisotopic (exact) mass is 421 g/mol. The number of nitro benzene ring substituents is 1. The average molecular weight is 421 g/mol. The van der Waals surface area contributed by atoms with Gasteiger partial charge < -0.3 is 4.74 Å². The maximum absolute atomic E-state index is 12.6. The number of benzene rings is 4. The zero-order valence-electron chi connectivity index (χ0n) is 16.7. The van der Waals surface area contributed by atoms with Crippen molar-refractivity contribution < 1.29 is 14.5 Å². The third kappa shape index (κ3) is 2.71. The van der Waals surface area contributed by atoms with E-state index in [1.165, 1.54) is 12.1 Å². The Bertz CT molecular complexity index is 1600. The van der Waals surface area contributed by atoms with E-state index in [1.807, 2.05) is 48.5 Å². The second kappa shape index (κ2) is 6.81. The number of fused-ring (bicyclic) bond motifs is 7. The van der Waals surface area contributed by atoms with Gasteiger partial charge in [0, 0.05) is 34.4 Å². The van der Waals surface area contributed by atoms with Crippen molar-refractivity contribution in [3.05, 3.63) is 94.0 Å². The van der Waals surface area contributed by atoms with E-state index in [9.17, 15) is 14.9 Å². The first-order valence-corrected chi connectivity index (χ1v) is 10.2. The van der Waals surface area contributed by atoms with Gasteiger partial charge in [0.05, 0.1) is 33.4 Å². The molecular weight excluding hydrogens is 406 g/mol. The Morgan fingerprint density at radius 1 is 0.875 bits per heavy atom. The molecule has 0 N–H and O–H groups in total. The first kappa shape index (κ1) is 18.4. The first-order valence-electron chi connectivity index (χ1n) is 10.2.